The molecule has 0 spiro atoms. The lowest BCUT2D eigenvalue weighted by molar-refractivity contribution is 0.158. The van der Waals surface area contributed by atoms with Gasteiger partial charge in [0, 0.05) is 17.5 Å². The third-order valence-electron chi connectivity index (χ3n) is 6.88. The van der Waals surface area contributed by atoms with Gasteiger partial charge in [-0.05, 0) is 70.3 Å². The number of aliphatic hydroxyl groups excluding tert-OH is 1. The van der Waals surface area contributed by atoms with Gasteiger partial charge < -0.3 is 30.3 Å². The zero-order valence-electron chi connectivity index (χ0n) is 18.0. The number of ether oxygens (including phenoxy) is 1. The van der Waals surface area contributed by atoms with Crippen molar-refractivity contribution in [2.24, 2.45) is 0 Å². The lowest BCUT2D eigenvalue weighted by Gasteiger charge is -2.26. The molecule has 5 N–H and O–H groups in total. The number of aromatic hydroxyl groups is 4. The van der Waals surface area contributed by atoms with Crippen LogP contribution in [0.4, 0.5) is 0 Å². The fourth-order valence-electron chi connectivity index (χ4n) is 5.42. The minimum absolute atomic E-state index is 0.0174. The van der Waals surface area contributed by atoms with Crippen LogP contribution in [0.5, 0.6) is 28.7 Å². The fraction of sp³-hybridized carbons (Fsp3) is 0.143. The number of rotatable bonds is 2. The topological polar surface area (TPSA) is 110 Å². The van der Waals surface area contributed by atoms with Gasteiger partial charge in [0.2, 0.25) is 0 Å². The van der Waals surface area contributed by atoms with Gasteiger partial charge in [0.15, 0.2) is 0 Å². The molecule has 2 aliphatic rings. The maximum Gasteiger partial charge on any atom is 0.135 e. The first-order valence-corrected chi connectivity index (χ1v) is 11.0. The first kappa shape index (κ1) is 20.4. The molecule has 4 aromatic rings. The molecule has 0 saturated carbocycles. The Hall–Kier alpha value is -4.16. The number of benzene rings is 4. The van der Waals surface area contributed by atoms with E-state index in [1.807, 2.05) is 6.07 Å². The average molecular weight is 454 g/mol. The Bertz CT molecular complexity index is 1390. The molecule has 1 heterocycles. The molecule has 0 bridgehead atoms. The van der Waals surface area contributed by atoms with Crippen molar-refractivity contribution in [1.29, 1.82) is 0 Å². The summed E-state index contributed by atoms with van der Waals surface area (Å²) in [5.41, 5.74) is 4.54. The number of fused-ring (bicyclic) bond motifs is 2. The SMILES string of the molecule is Oc1ccc(C2Oc3cc(O)cc4c3C2c2cc(O)ccc2C(c2ccc(O)cc2)C4O)cc1. The summed E-state index contributed by atoms with van der Waals surface area (Å²) in [6, 6.07) is 21.7. The van der Waals surface area contributed by atoms with Crippen LogP contribution in [0.3, 0.4) is 0 Å². The van der Waals surface area contributed by atoms with Crippen molar-refractivity contribution in [3.05, 3.63) is 112 Å². The summed E-state index contributed by atoms with van der Waals surface area (Å²) in [6.45, 7) is 0. The number of phenols is 4. The molecule has 170 valence electrons. The van der Waals surface area contributed by atoms with E-state index in [0.717, 1.165) is 27.8 Å². The highest BCUT2D eigenvalue weighted by Gasteiger charge is 2.46. The van der Waals surface area contributed by atoms with E-state index in [9.17, 15) is 25.5 Å². The van der Waals surface area contributed by atoms with Crippen LogP contribution < -0.4 is 4.74 Å². The third-order valence-corrected chi connectivity index (χ3v) is 6.88. The molecule has 0 saturated heterocycles. The van der Waals surface area contributed by atoms with Crippen LogP contribution in [0.25, 0.3) is 0 Å². The van der Waals surface area contributed by atoms with Crippen LogP contribution in [-0.4, -0.2) is 25.5 Å². The van der Waals surface area contributed by atoms with E-state index in [2.05, 4.69) is 0 Å². The number of phenolic OH excluding ortho intramolecular Hbond substituents is 4. The summed E-state index contributed by atoms with van der Waals surface area (Å²) in [5.74, 6) is -0.0637. The highest BCUT2D eigenvalue weighted by Crippen LogP contribution is 2.59. The van der Waals surface area contributed by atoms with E-state index in [-0.39, 0.29) is 28.9 Å². The molecule has 1 aliphatic heterocycles. The highest BCUT2D eigenvalue weighted by molar-refractivity contribution is 5.62. The second kappa shape index (κ2) is 7.43. The van der Waals surface area contributed by atoms with Crippen LogP contribution in [0.1, 0.15) is 57.4 Å². The quantitative estimate of drug-likeness (QED) is 0.293. The maximum absolute atomic E-state index is 11.7. The molecule has 4 atom stereocenters. The lowest BCUT2D eigenvalue weighted by atomic mass is 9.80. The van der Waals surface area contributed by atoms with Gasteiger partial charge in [-0.3, -0.25) is 0 Å². The smallest absolute Gasteiger partial charge is 0.135 e. The van der Waals surface area contributed by atoms with Crippen LogP contribution in [-0.2, 0) is 0 Å². The van der Waals surface area contributed by atoms with Gasteiger partial charge in [-0.15, -0.1) is 0 Å². The van der Waals surface area contributed by atoms with Crippen LogP contribution in [0.15, 0.2) is 78.9 Å². The predicted octanol–water partition coefficient (Wildman–Crippen LogP) is 4.95. The Morgan fingerprint density at radius 1 is 0.529 bits per heavy atom. The van der Waals surface area contributed by atoms with Gasteiger partial charge in [-0.25, -0.2) is 0 Å². The van der Waals surface area contributed by atoms with Gasteiger partial charge in [-0.1, -0.05) is 30.3 Å². The van der Waals surface area contributed by atoms with E-state index in [4.69, 9.17) is 4.74 Å². The maximum atomic E-state index is 11.7. The average Bonchev–Trinajstić information content (AvgIpc) is 3.15. The Labute approximate surface area is 195 Å². The van der Waals surface area contributed by atoms with Crippen LogP contribution in [0, 0.1) is 0 Å². The van der Waals surface area contributed by atoms with Gasteiger partial charge in [0.1, 0.15) is 34.9 Å². The Morgan fingerprint density at radius 2 is 1.12 bits per heavy atom. The van der Waals surface area contributed by atoms with Gasteiger partial charge >= 0.3 is 0 Å². The van der Waals surface area contributed by atoms with E-state index in [0.29, 0.717) is 11.3 Å². The third kappa shape index (κ3) is 3.07. The molecule has 0 fully saturated rings. The summed E-state index contributed by atoms with van der Waals surface area (Å²) in [7, 11) is 0. The van der Waals surface area contributed by atoms with Crippen LogP contribution >= 0.6 is 0 Å². The Morgan fingerprint density at radius 3 is 1.79 bits per heavy atom. The number of aliphatic hydroxyl groups is 1. The van der Waals surface area contributed by atoms with E-state index >= 15 is 0 Å². The van der Waals surface area contributed by atoms with Crippen molar-refractivity contribution in [2.45, 2.75) is 24.0 Å². The van der Waals surface area contributed by atoms with E-state index in [1.54, 1.807) is 72.8 Å². The summed E-state index contributed by atoms with van der Waals surface area (Å²) < 4.78 is 6.33. The van der Waals surface area contributed by atoms with Crippen LogP contribution in [0.2, 0.25) is 0 Å². The molecule has 4 unspecified atom stereocenters. The lowest BCUT2D eigenvalue weighted by Crippen LogP contribution is -2.14. The summed E-state index contributed by atoms with van der Waals surface area (Å²) in [5, 5.41) is 52.2. The van der Waals surface area contributed by atoms with Crippen molar-refractivity contribution in [3.63, 3.8) is 0 Å². The highest BCUT2D eigenvalue weighted by atomic mass is 16.5. The molecule has 6 nitrogen and oxygen atoms in total. The number of hydrogen-bond donors (Lipinski definition) is 5. The second-order valence-electron chi connectivity index (χ2n) is 8.88. The van der Waals surface area contributed by atoms with Crippen molar-refractivity contribution in [2.75, 3.05) is 0 Å². The van der Waals surface area contributed by atoms with Gasteiger partial charge in [0.25, 0.3) is 0 Å². The first-order valence-electron chi connectivity index (χ1n) is 11.0. The molecule has 1 aliphatic carbocycles. The molecule has 0 amide bonds. The van der Waals surface area contributed by atoms with E-state index < -0.39 is 18.1 Å². The van der Waals surface area contributed by atoms with E-state index in [1.165, 1.54) is 0 Å². The predicted molar refractivity (Wildman–Crippen MR) is 124 cm³/mol. The minimum atomic E-state index is -1.01. The molecule has 0 radical (unpaired) electrons. The van der Waals surface area contributed by atoms with Crippen molar-refractivity contribution < 1.29 is 30.3 Å². The summed E-state index contributed by atoms with van der Waals surface area (Å²) in [4.78, 5) is 0. The van der Waals surface area contributed by atoms with Gasteiger partial charge in [0.05, 0.1) is 12.0 Å². The standard InChI is InChI=1S/C28H22O6/c29-16-5-1-14(2-6-16)24-20-10-9-18(31)11-21(20)26-25-22(27(24)33)12-19(32)13-23(25)34-28(26)15-3-7-17(30)8-4-15/h1-13,24,26-33H. The zero-order valence-corrected chi connectivity index (χ0v) is 18.0. The van der Waals surface area contributed by atoms with Gasteiger partial charge in [-0.2, -0.15) is 0 Å². The first-order chi connectivity index (χ1) is 16.4. The number of hydrogen-bond acceptors (Lipinski definition) is 6. The molecule has 6 heteroatoms. The van der Waals surface area contributed by atoms with Crippen molar-refractivity contribution in [1.82, 2.24) is 0 Å². The summed E-state index contributed by atoms with van der Waals surface area (Å²) >= 11 is 0. The molecular formula is C28H22O6. The second-order valence-corrected chi connectivity index (χ2v) is 8.88. The largest absolute Gasteiger partial charge is 0.508 e. The summed E-state index contributed by atoms with van der Waals surface area (Å²) in [6.07, 6.45) is -1.51. The Balaban J connectivity index is 1.64. The van der Waals surface area contributed by atoms with Crippen molar-refractivity contribution >= 4 is 0 Å². The molecule has 0 aromatic heterocycles. The zero-order chi connectivity index (χ0) is 23.6. The molecule has 34 heavy (non-hydrogen) atoms. The Kier molecular flexibility index (Phi) is 4.47. The molecule has 4 aromatic carbocycles. The fourth-order valence-corrected chi connectivity index (χ4v) is 5.42. The minimum Gasteiger partial charge on any atom is -0.508 e. The molecular weight excluding hydrogens is 432 g/mol. The van der Waals surface area contributed by atoms with Crippen molar-refractivity contribution in [3.8, 4) is 28.7 Å². The molecule has 6 rings (SSSR count). The normalized spacial score (nSPS) is 22.4. The monoisotopic (exact) mass is 454 g/mol.